The van der Waals surface area contributed by atoms with Gasteiger partial charge in [0, 0.05) is 12.1 Å². The highest BCUT2D eigenvalue weighted by Crippen LogP contribution is 2.29. The predicted octanol–water partition coefficient (Wildman–Crippen LogP) is 6.82. The van der Waals surface area contributed by atoms with Gasteiger partial charge in [-0.05, 0) is 80.8 Å². The lowest BCUT2D eigenvalue weighted by Gasteiger charge is -2.37. The lowest BCUT2D eigenvalue weighted by atomic mass is 9.93. The zero-order chi connectivity index (χ0) is 23.6. The molecule has 0 spiro atoms. The third kappa shape index (κ3) is 5.82. The summed E-state index contributed by atoms with van der Waals surface area (Å²) in [6.45, 7) is 6.93. The molecule has 4 nitrogen and oxygen atoms in total. The second kappa shape index (κ2) is 9.66. The van der Waals surface area contributed by atoms with Crippen molar-refractivity contribution < 1.29 is 14.3 Å². The van der Waals surface area contributed by atoms with E-state index in [1.165, 1.54) is 5.56 Å². The van der Waals surface area contributed by atoms with Gasteiger partial charge in [0.15, 0.2) is 0 Å². The summed E-state index contributed by atoms with van der Waals surface area (Å²) in [7, 11) is 0. The van der Waals surface area contributed by atoms with Gasteiger partial charge < -0.3 is 14.4 Å². The van der Waals surface area contributed by atoms with Crippen molar-refractivity contribution in [1.29, 1.82) is 0 Å². The molecule has 3 aromatic carbocycles. The van der Waals surface area contributed by atoms with Crippen molar-refractivity contribution in [1.82, 2.24) is 4.90 Å². The lowest BCUT2D eigenvalue weighted by molar-refractivity contribution is 0.0566. The summed E-state index contributed by atoms with van der Waals surface area (Å²) in [6.07, 6.45) is 0.717. The van der Waals surface area contributed by atoms with Crippen LogP contribution in [0.3, 0.4) is 0 Å². The largest absolute Gasteiger partial charge is 0.491 e. The Balaban J connectivity index is 1.52. The number of fused-ring (bicyclic) bond motifs is 1. The Kier molecular flexibility index (Phi) is 6.87. The van der Waals surface area contributed by atoms with Gasteiger partial charge in [-0.2, -0.15) is 0 Å². The summed E-state index contributed by atoms with van der Waals surface area (Å²) in [4.78, 5) is 15.3. The molecule has 0 saturated carbocycles. The molecular formula is C27H27Cl2NO3. The van der Waals surface area contributed by atoms with Gasteiger partial charge in [0.1, 0.15) is 23.7 Å². The number of hydrogen-bond acceptors (Lipinski definition) is 3. The third-order valence-electron chi connectivity index (χ3n) is 5.47. The second-order valence-corrected chi connectivity index (χ2v) is 10.00. The zero-order valence-corrected chi connectivity index (χ0v) is 20.5. The van der Waals surface area contributed by atoms with Gasteiger partial charge in [0.25, 0.3) is 5.91 Å². The number of benzene rings is 3. The first-order valence-electron chi connectivity index (χ1n) is 10.9. The summed E-state index contributed by atoms with van der Waals surface area (Å²) >= 11 is 12.2. The SMILES string of the molecule is CC(C)(C)Oc1ccc(OCC2Cc3ccccc3CN2C(=O)c2ccc(Cl)c(Cl)c2)cc1. The highest BCUT2D eigenvalue weighted by Gasteiger charge is 2.31. The Morgan fingerprint density at radius 3 is 2.27 bits per heavy atom. The molecular weight excluding hydrogens is 457 g/mol. The number of nitrogens with zero attached hydrogens (tertiary/aromatic N) is 1. The third-order valence-corrected chi connectivity index (χ3v) is 6.21. The molecule has 6 heteroatoms. The highest BCUT2D eigenvalue weighted by molar-refractivity contribution is 6.42. The quantitative estimate of drug-likeness (QED) is 0.399. The number of ether oxygens (including phenoxy) is 2. The first kappa shape index (κ1) is 23.5. The molecule has 1 atom stereocenters. The number of amides is 1. The fourth-order valence-corrected chi connectivity index (χ4v) is 4.22. The van der Waals surface area contributed by atoms with E-state index in [0.29, 0.717) is 35.2 Å². The van der Waals surface area contributed by atoms with E-state index in [-0.39, 0.29) is 17.6 Å². The Labute approximate surface area is 205 Å². The maximum Gasteiger partial charge on any atom is 0.254 e. The molecule has 0 bridgehead atoms. The van der Waals surface area contributed by atoms with E-state index >= 15 is 0 Å². The Hall–Kier alpha value is -2.69. The van der Waals surface area contributed by atoms with Gasteiger partial charge in [-0.15, -0.1) is 0 Å². The van der Waals surface area contributed by atoms with E-state index < -0.39 is 0 Å². The van der Waals surface area contributed by atoms with Crippen LogP contribution in [0.2, 0.25) is 10.0 Å². The number of carbonyl (C=O) groups is 1. The summed E-state index contributed by atoms with van der Waals surface area (Å²) in [6, 6.07) is 20.7. The first-order valence-corrected chi connectivity index (χ1v) is 11.7. The Morgan fingerprint density at radius 2 is 1.61 bits per heavy atom. The molecule has 1 aliphatic heterocycles. The number of carbonyl (C=O) groups excluding carboxylic acids is 1. The molecule has 0 aromatic heterocycles. The summed E-state index contributed by atoms with van der Waals surface area (Å²) in [5.74, 6) is 1.43. The number of halogens is 2. The Morgan fingerprint density at radius 1 is 0.939 bits per heavy atom. The maximum absolute atomic E-state index is 13.4. The standard InChI is InChI=1S/C27H27Cl2NO3/c1-27(2,3)33-23-11-9-22(10-12-23)32-17-21-14-18-6-4-5-7-20(18)16-30(21)26(31)19-8-13-24(28)25(29)15-19/h4-13,15,21H,14,16-17H2,1-3H3. The van der Waals surface area contributed by atoms with E-state index in [1.54, 1.807) is 18.2 Å². The van der Waals surface area contributed by atoms with Crippen LogP contribution in [0.25, 0.3) is 0 Å². The normalized spacial score (nSPS) is 15.7. The van der Waals surface area contributed by atoms with Crippen molar-refractivity contribution in [2.24, 2.45) is 0 Å². The maximum atomic E-state index is 13.4. The van der Waals surface area contributed by atoms with Crippen LogP contribution >= 0.6 is 23.2 Å². The molecule has 1 amide bonds. The molecule has 0 saturated heterocycles. The van der Waals surface area contributed by atoms with Crippen LogP contribution < -0.4 is 9.47 Å². The van der Waals surface area contributed by atoms with E-state index in [2.05, 4.69) is 12.1 Å². The molecule has 0 fully saturated rings. The molecule has 1 heterocycles. The topological polar surface area (TPSA) is 38.8 Å². The van der Waals surface area contributed by atoms with Crippen molar-refractivity contribution in [2.75, 3.05) is 6.61 Å². The highest BCUT2D eigenvalue weighted by atomic mass is 35.5. The van der Waals surface area contributed by atoms with E-state index in [0.717, 1.165) is 17.1 Å². The fourth-order valence-electron chi connectivity index (χ4n) is 3.92. The minimum atomic E-state index is -0.261. The number of rotatable bonds is 5. The molecule has 0 aliphatic carbocycles. The van der Waals surface area contributed by atoms with Crippen LogP contribution in [0.15, 0.2) is 66.7 Å². The average molecular weight is 484 g/mol. The van der Waals surface area contributed by atoms with Crippen molar-refractivity contribution >= 4 is 29.1 Å². The van der Waals surface area contributed by atoms with Crippen molar-refractivity contribution in [3.8, 4) is 11.5 Å². The van der Waals surface area contributed by atoms with Gasteiger partial charge in [-0.25, -0.2) is 0 Å². The second-order valence-electron chi connectivity index (χ2n) is 9.19. The van der Waals surface area contributed by atoms with Crippen LogP contribution in [0.1, 0.15) is 42.3 Å². The van der Waals surface area contributed by atoms with Crippen molar-refractivity contribution in [3.63, 3.8) is 0 Å². The predicted molar refractivity (Wildman–Crippen MR) is 133 cm³/mol. The van der Waals surface area contributed by atoms with E-state index in [1.807, 2.05) is 62.1 Å². The van der Waals surface area contributed by atoms with E-state index in [9.17, 15) is 4.79 Å². The van der Waals surface area contributed by atoms with Crippen LogP contribution in [0.5, 0.6) is 11.5 Å². The lowest BCUT2D eigenvalue weighted by Crippen LogP contribution is -2.47. The molecule has 3 aromatic rings. The van der Waals surface area contributed by atoms with Crippen LogP contribution in [-0.2, 0) is 13.0 Å². The zero-order valence-electron chi connectivity index (χ0n) is 19.0. The van der Waals surface area contributed by atoms with Crippen LogP contribution in [-0.4, -0.2) is 29.1 Å². The molecule has 1 aliphatic rings. The fraction of sp³-hybridized carbons (Fsp3) is 0.296. The molecule has 33 heavy (non-hydrogen) atoms. The van der Waals surface area contributed by atoms with Crippen LogP contribution in [0.4, 0.5) is 0 Å². The molecule has 1 unspecified atom stereocenters. The van der Waals surface area contributed by atoms with Crippen molar-refractivity contribution in [2.45, 2.75) is 45.4 Å². The van der Waals surface area contributed by atoms with Gasteiger partial charge in [-0.1, -0.05) is 47.5 Å². The molecule has 4 rings (SSSR count). The summed E-state index contributed by atoms with van der Waals surface area (Å²) in [5.41, 5.74) is 2.63. The first-order chi connectivity index (χ1) is 15.7. The van der Waals surface area contributed by atoms with Gasteiger partial charge in [-0.3, -0.25) is 4.79 Å². The monoisotopic (exact) mass is 483 g/mol. The van der Waals surface area contributed by atoms with Gasteiger partial charge in [0.05, 0.1) is 16.1 Å². The van der Waals surface area contributed by atoms with E-state index in [4.69, 9.17) is 32.7 Å². The summed E-state index contributed by atoms with van der Waals surface area (Å²) < 4.78 is 12.0. The molecule has 0 N–H and O–H groups in total. The Bertz CT molecular complexity index is 1140. The average Bonchev–Trinajstić information content (AvgIpc) is 2.78. The minimum absolute atomic E-state index is 0.0920. The van der Waals surface area contributed by atoms with Gasteiger partial charge in [0.2, 0.25) is 0 Å². The summed E-state index contributed by atoms with van der Waals surface area (Å²) in [5, 5.41) is 0.793. The minimum Gasteiger partial charge on any atom is -0.491 e. The number of hydrogen-bond donors (Lipinski definition) is 0. The van der Waals surface area contributed by atoms with Crippen LogP contribution in [0, 0.1) is 0 Å². The molecule has 172 valence electrons. The van der Waals surface area contributed by atoms with Gasteiger partial charge >= 0.3 is 0 Å². The smallest absolute Gasteiger partial charge is 0.254 e. The molecule has 0 radical (unpaired) electrons. The van der Waals surface area contributed by atoms with Crippen molar-refractivity contribution in [3.05, 3.63) is 93.5 Å².